The fourth-order valence-electron chi connectivity index (χ4n) is 1.98. The molecule has 1 atom stereocenters. The highest BCUT2D eigenvalue weighted by Crippen LogP contribution is 2.36. The quantitative estimate of drug-likeness (QED) is 0.724. The minimum absolute atomic E-state index is 0.184. The van der Waals surface area contributed by atoms with Crippen LogP contribution in [0.4, 0.5) is 13.2 Å². The Morgan fingerprint density at radius 3 is 2.50 bits per heavy atom. The Morgan fingerprint density at radius 1 is 1.10 bits per heavy atom. The third-order valence-electron chi connectivity index (χ3n) is 2.96. The number of alkyl halides is 1. The van der Waals surface area contributed by atoms with Gasteiger partial charge in [-0.25, -0.2) is 13.2 Å². The number of methoxy groups -OCH3 is 1. The van der Waals surface area contributed by atoms with E-state index in [4.69, 9.17) is 4.74 Å². The van der Waals surface area contributed by atoms with Gasteiger partial charge >= 0.3 is 0 Å². The molecule has 20 heavy (non-hydrogen) atoms. The molecule has 0 aliphatic rings. The second kappa shape index (κ2) is 6.31. The van der Waals surface area contributed by atoms with Crippen LogP contribution < -0.4 is 4.74 Å². The molecule has 0 saturated carbocycles. The zero-order chi connectivity index (χ0) is 14.7. The molecule has 1 unspecified atom stereocenters. The summed E-state index contributed by atoms with van der Waals surface area (Å²) < 4.78 is 45.5. The summed E-state index contributed by atoms with van der Waals surface area (Å²) in [7, 11) is 1.44. The third-order valence-corrected chi connectivity index (χ3v) is 3.74. The molecule has 0 aliphatic carbocycles. The number of ether oxygens (including phenoxy) is 1. The van der Waals surface area contributed by atoms with Crippen molar-refractivity contribution in [2.45, 2.75) is 11.2 Å². The van der Waals surface area contributed by atoms with E-state index >= 15 is 0 Å². The lowest BCUT2D eigenvalue weighted by molar-refractivity contribution is 0.404. The molecule has 0 aliphatic heterocycles. The number of benzene rings is 2. The monoisotopic (exact) mass is 344 g/mol. The third kappa shape index (κ3) is 3.15. The van der Waals surface area contributed by atoms with Crippen molar-refractivity contribution in [1.82, 2.24) is 0 Å². The minimum Gasteiger partial charge on any atom is -0.496 e. The van der Waals surface area contributed by atoms with E-state index in [2.05, 4.69) is 15.9 Å². The van der Waals surface area contributed by atoms with Gasteiger partial charge in [0, 0.05) is 11.6 Å². The molecule has 2 aromatic carbocycles. The molecule has 0 amide bonds. The van der Waals surface area contributed by atoms with Crippen LogP contribution in [0.15, 0.2) is 36.4 Å². The minimum atomic E-state index is -0.648. The van der Waals surface area contributed by atoms with Gasteiger partial charge in [0.2, 0.25) is 0 Å². The van der Waals surface area contributed by atoms with Crippen molar-refractivity contribution >= 4 is 15.9 Å². The molecule has 106 valence electrons. The predicted octanol–water partition coefficient (Wildman–Crippen LogP) is 4.79. The molecule has 0 radical (unpaired) electrons. The van der Waals surface area contributed by atoms with E-state index in [0.717, 1.165) is 6.07 Å². The molecule has 5 heteroatoms. The van der Waals surface area contributed by atoms with Crippen LogP contribution >= 0.6 is 15.9 Å². The lowest BCUT2D eigenvalue weighted by Crippen LogP contribution is -2.03. The summed E-state index contributed by atoms with van der Waals surface area (Å²) >= 11 is 3.34. The molecule has 0 aromatic heterocycles. The van der Waals surface area contributed by atoms with Crippen molar-refractivity contribution in [2.24, 2.45) is 0 Å². The van der Waals surface area contributed by atoms with E-state index in [0.29, 0.717) is 16.9 Å². The van der Waals surface area contributed by atoms with E-state index in [-0.39, 0.29) is 6.42 Å². The largest absolute Gasteiger partial charge is 0.496 e. The number of hydrogen-bond acceptors (Lipinski definition) is 1. The van der Waals surface area contributed by atoms with Crippen LogP contribution in [0.3, 0.4) is 0 Å². The average molecular weight is 345 g/mol. The summed E-state index contributed by atoms with van der Waals surface area (Å²) in [5.41, 5.74) is 0.623. The molecule has 2 aromatic rings. The Kier molecular flexibility index (Phi) is 4.70. The summed E-state index contributed by atoms with van der Waals surface area (Å²) in [6.45, 7) is 0. The fraction of sp³-hybridized carbons (Fsp3) is 0.200. The summed E-state index contributed by atoms with van der Waals surface area (Å²) in [6, 6.07) is 7.83. The van der Waals surface area contributed by atoms with Crippen molar-refractivity contribution in [3.63, 3.8) is 0 Å². The van der Waals surface area contributed by atoms with E-state index in [1.807, 2.05) is 0 Å². The number of hydrogen-bond donors (Lipinski definition) is 0. The molecule has 0 bridgehead atoms. The fourth-order valence-corrected chi connectivity index (χ4v) is 2.77. The first-order valence-electron chi connectivity index (χ1n) is 5.93. The van der Waals surface area contributed by atoms with Crippen LogP contribution in [0.25, 0.3) is 0 Å². The molecular formula is C15H12BrF3O. The maximum Gasteiger partial charge on any atom is 0.131 e. The van der Waals surface area contributed by atoms with Crippen LogP contribution in [0.2, 0.25) is 0 Å². The Morgan fingerprint density at radius 2 is 1.85 bits per heavy atom. The highest BCUT2D eigenvalue weighted by atomic mass is 79.9. The van der Waals surface area contributed by atoms with Gasteiger partial charge in [-0.05, 0) is 30.2 Å². The Bertz CT molecular complexity index is 616. The highest BCUT2D eigenvalue weighted by molar-refractivity contribution is 9.09. The second-order valence-corrected chi connectivity index (χ2v) is 5.37. The van der Waals surface area contributed by atoms with Crippen LogP contribution in [0, 0.1) is 17.5 Å². The van der Waals surface area contributed by atoms with E-state index in [9.17, 15) is 13.2 Å². The first-order chi connectivity index (χ1) is 9.52. The Hall–Kier alpha value is -1.49. The number of rotatable bonds is 4. The summed E-state index contributed by atoms with van der Waals surface area (Å²) in [4.78, 5) is -0.474. The highest BCUT2D eigenvalue weighted by Gasteiger charge is 2.19. The van der Waals surface area contributed by atoms with Crippen molar-refractivity contribution in [3.05, 3.63) is 65.0 Å². The van der Waals surface area contributed by atoms with E-state index in [1.54, 1.807) is 6.07 Å². The molecule has 0 spiro atoms. The first kappa shape index (κ1) is 14.9. The smallest absolute Gasteiger partial charge is 0.131 e. The molecular weight excluding hydrogens is 333 g/mol. The van der Waals surface area contributed by atoms with E-state index < -0.39 is 22.3 Å². The van der Waals surface area contributed by atoms with Gasteiger partial charge < -0.3 is 4.74 Å². The molecule has 0 N–H and O–H groups in total. The van der Waals surface area contributed by atoms with E-state index in [1.165, 1.54) is 31.4 Å². The number of halogens is 4. The summed E-state index contributed by atoms with van der Waals surface area (Å²) in [6.07, 6.45) is 0.184. The van der Waals surface area contributed by atoms with Gasteiger partial charge in [-0.3, -0.25) is 0 Å². The maximum atomic E-state index is 13.9. The Balaban J connectivity index is 2.30. The van der Waals surface area contributed by atoms with Gasteiger partial charge in [-0.15, -0.1) is 0 Å². The molecule has 0 fully saturated rings. The van der Waals surface area contributed by atoms with Crippen LogP contribution in [0.1, 0.15) is 16.0 Å². The van der Waals surface area contributed by atoms with Gasteiger partial charge in [-0.2, -0.15) is 0 Å². The van der Waals surface area contributed by atoms with Crippen molar-refractivity contribution in [2.75, 3.05) is 7.11 Å². The lowest BCUT2D eigenvalue weighted by Gasteiger charge is -2.15. The van der Waals surface area contributed by atoms with Crippen LogP contribution in [-0.2, 0) is 6.42 Å². The molecule has 2 rings (SSSR count). The van der Waals surface area contributed by atoms with Gasteiger partial charge in [-0.1, -0.05) is 28.1 Å². The van der Waals surface area contributed by atoms with Crippen LogP contribution in [0.5, 0.6) is 5.75 Å². The summed E-state index contributed by atoms with van der Waals surface area (Å²) in [5, 5.41) is 0. The van der Waals surface area contributed by atoms with Crippen molar-refractivity contribution < 1.29 is 17.9 Å². The van der Waals surface area contributed by atoms with Gasteiger partial charge in [0.05, 0.1) is 11.9 Å². The van der Waals surface area contributed by atoms with Gasteiger partial charge in [0.25, 0.3) is 0 Å². The van der Waals surface area contributed by atoms with Gasteiger partial charge in [0.15, 0.2) is 0 Å². The standard InChI is InChI=1S/C15H12BrF3O/c1-20-14-4-2-3-12(18)15(14)11(16)7-9-5-6-10(17)8-13(9)19/h2-6,8,11H,7H2,1H3. The van der Waals surface area contributed by atoms with Gasteiger partial charge in [0.1, 0.15) is 23.2 Å². The first-order valence-corrected chi connectivity index (χ1v) is 6.85. The van der Waals surface area contributed by atoms with Crippen LogP contribution in [-0.4, -0.2) is 7.11 Å². The molecule has 1 nitrogen and oxygen atoms in total. The Labute approximate surface area is 123 Å². The predicted molar refractivity (Wildman–Crippen MR) is 74.7 cm³/mol. The molecule has 0 heterocycles. The summed E-state index contributed by atoms with van der Waals surface area (Å²) in [5.74, 6) is -1.34. The SMILES string of the molecule is COc1cccc(F)c1C(Br)Cc1ccc(F)cc1F. The zero-order valence-corrected chi connectivity index (χ0v) is 12.3. The lowest BCUT2D eigenvalue weighted by atomic mass is 10.0. The average Bonchev–Trinajstić information content (AvgIpc) is 2.41. The zero-order valence-electron chi connectivity index (χ0n) is 10.7. The second-order valence-electron chi connectivity index (χ2n) is 4.26. The normalized spacial score (nSPS) is 12.2. The topological polar surface area (TPSA) is 9.23 Å². The van der Waals surface area contributed by atoms with Crippen molar-refractivity contribution in [3.8, 4) is 5.75 Å². The maximum absolute atomic E-state index is 13.9. The molecule has 0 saturated heterocycles. The van der Waals surface area contributed by atoms with Crippen molar-refractivity contribution in [1.29, 1.82) is 0 Å².